The van der Waals surface area contributed by atoms with Crippen molar-refractivity contribution in [3.05, 3.63) is 57.8 Å². The number of Topliss-reactive ketones (excluding diaryl/α,β-unsaturated/α-hetero) is 1. The molecule has 3 N–H and O–H groups in total. The quantitative estimate of drug-likeness (QED) is 0.505. The first-order valence-electron chi connectivity index (χ1n) is 8.56. The number of aliphatic hydroxyl groups excluding tert-OH is 1. The summed E-state index contributed by atoms with van der Waals surface area (Å²) in [5.74, 6) is 0.233. The summed E-state index contributed by atoms with van der Waals surface area (Å²) in [6.07, 6.45) is 5.12. The largest absolute Gasteiger partial charge is 0.394 e. The Labute approximate surface area is 148 Å². The Morgan fingerprint density at radius 2 is 1.88 bits per heavy atom. The van der Waals surface area contributed by atoms with Crippen molar-refractivity contribution in [3.8, 4) is 0 Å². The van der Waals surface area contributed by atoms with E-state index >= 15 is 0 Å². The van der Waals surface area contributed by atoms with Crippen LogP contribution in [0.15, 0.2) is 42.5 Å². The number of unbranched alkanes of at least 4 members (excludes halogenated alkanes) is 1. The molecule has 3 nitrogen and oxygen atoms in total. The molecule has 0 bridgehead atoms. The van der Waals surface area contributed by atoms with Gasteiger partial charge in [0.1, 0.15) is 0 Å². The molecule has 0 saturated heterocycles. The summed E-state index contributed by atoms with van der Waals surface area (Å²) in [5.41, 5.74) is 6.73. The molecule has 1 unspecified atom stereocenters. The van der Waals surface area contributed by atoms with Crippen molar-refractivity contribution < 1.29 is 9.90 Å². The molecule has 1 aromatic heterocycles. The summed E-state index contributed by atoms with van der Waals surface area (Å²) in [5, 5.41) is 9.19. The maximum Gasteiger partial charge on any atom is 0.172 e. The number of benzene rings is 1. The number of thiophene rings is 1. The molecule has 0 aliphatic carbocycles. The van der Waals surface area contributed by atoms with Crippen molar-refractivity contribution in [2.45, 2.75) is 51.0 Å². The van der Waals surface area contributed by atoms with E-state index in [1.54, 1.807) is 11.3 Å². The molecule has 0 spiro atoms. The van der Waals surface area contributed by atoms with Crippen LogP contribution in [-0.4, -0.2) is 23.0 Å². The number of carbonyl (C=O) groups excluding carboxylic acids is 1. The highest BCUT2D eigenvalue weighted by Gasteiger charge is 2.17. The minimum atomic E-state index is -0.550. The summed E-state index contributed by atoms with van der Waals surface area (Å²) in [4.78, 5) is 14.3. The lowest BCUT2D eigenvalue weighted by atomic mass is 9.98. The van der Waals surface area contributed by atoms with Gasteiger partial charge in [0.25, 0.3) is 0 Å². The van der Waals surface area contributed by atoms with E-state index < -0.39 is 5.54 Å². The van der Waals surface area contributed by atoms with E-state index in [9.17, 15) is 9.90 Å². The van der Waals surface area contributed by atoms with Crippen molar-refractivity contribution in [2.24, 2.45) is 5.73 Å². The van der Waals surface area contributed by atoms with E-state index in [0.29, 0.717) is 12.8 Å². The highest BCUT2D eigenvalue weighted by molar-refractivity contribution is 7.14. The lowest BCUT2D eigenvalue weighted by Crippen LogP contribution is -2.40. The lowest BCUT2D eigenvalue weighted by Gasteiger charge is -2.20. The Morgan fingerprint density at radius 3 is 2.58 bits per heavy atom. The molecule has 0 saturated carbocycles. The Balaban J connectivity index is 1.73. The average Bonchev–Trinajstić information content (AvgIpc) is 3.07. The Bertz CT molecular complexity index is 634. The standard InChI is InChI=1S/C20H27NO2S/c1-20(21,15-22)14-13-17-11-12-19(24-17)18(23)10-6-5-9-16-7-3-2-4-8-16/h2-4,7-8,11-12,22H,5-6,9-10,13-15,21H2,1H3. The van der Waals surface area contributed by atoms with E-state index in [2.05, 4.69) is 24.3 Å². The van der Waals surface area contributed by atoms with Gasteiger partial charge in [0.2, 0.25) is 0 Å². The summed E-state index contributed by atoms with van der Waals surface area (Å²) in [7, 11) is 0. The van der Waals surface area contributed by atoms with Gasteiger partial charge in [0.05, 0.1) is 11.5 Å². The molecule has 1 heterocycles. The third-order valence-corrected chi connectivity index (χ3v) is 5.39. The third-order valence-electron chi connectivity index (χ3n) is 4.20. The Morgan fingerprint density at radius 1 is 1.12 bits per heavy atom. The van der Waals surface area contributed by atoms with Gasteiger partial charge in [-0.05, 0) is 56.7 Å². The lowest BCUT2D eigenvalue weighted by molar-refractivity contribution is 0.0983. The van der Waals surface area contributed by atoms with Crippen LogP contribution in [0, 0.1) is 0 Å². The van der Waals surface area contributed by atoms with Crippen LogP contribution in [0.1, 0.15) is 52.7 Å². The first-order valence-corrected chi connectivity index (χ1v) is 9.37. The van der Waals surface area contributed by atoms with E-state index in [4.69, 9.17) is 5.73 Å². The van der Waals surface area contributed by atoms with E-state index in [0.717, 1.165) is 35.4 Å². The predicted molar refractivity (Wildman–Crippen MR) is 101 cm³/mol. The first kappa shape index (κ1) is 18.8. The van der Waals surface area contributed by atoms with Crippen molar-refractivity contribution in [2.75, 3.05) is 6.61 Å². The molecular weight excluding hydrogens is 318 g/mol. The van der Waals surface area contributed by atoms with Crippen LogP contribution in [0.3, 0.4) is 0 Å². The van der Waals surface area contributed by atoms with Crippen LogP contribution in [0.5, 0.6) is 0 Å². The minimum absolute atomic E-state index is 0.0222. The molecule has 130 valence electrons. The number of carbonyl (C=O) groups is 1. The molecule has 1 aromatic carbocycles. The predicted octanol–water partition coefficient (Wildman–Crippen LogP) is 3.99. The molecule has 1 atom stereocenters. The minimum Gasteiger partial charge on any atom is -0.394 e. The zero-order valence-corrected chi connectivity index (χ0v) is 15.1. The normalized spacial score (nSPS) is 13.6. The van der Waals surface area contributed by atoms with Gasteiger partial charge in [0, 0.05) is 16.8 Å². The number of aliphatic hydroxyl groups is 1. The first-order chi connectivity index (χ1) is 11.5. The number of hydrogen-bond donors (Lipinski definition) is 2. The van der Waals surface area contributed by atoms with Gasteiger partial charge >= 0.3 is 0 Å². The smallest absolute Gasteiger partial charge is 0.172 e. The van der Waals surface area contributed by atoms with Crippen LogP contribution in [0.4, 0.5) is 0 Å². The van der Waals surface area contributed by atoms with Crippen molar-refractivity contribution in [3.63, 3.8) is 0 Å². The second kappa shape index (κ2) is 9.11. The molecule has 0 aliphatic rings. The molecule has 0 aliphatic heterocycles. The van der Waals surface area contributed by atoms with Gasteiger partial charge in [0.15, 0.2) is 5.78 Å². The van der Waals surface area contributed by atoms with Crippen molar-refractivity contribution in [1.29, 1.82) is 0 Å². The SMILES string of the molecule is CC(N)(CO)CCc1ccc(C(=O)CCCCc2ccccc2)s1. The molecule has 0 fully saturated rings. The fourth-order valence-corrected chi connectivity index (χ4v) is 3.51. The van der Waals surface area contributed by atoms with Gasteiger partial charge in [-0.2, -0.15) is 0 Å². The van der Waals surface area contributed by atoms with Crippen LogP contribution < -0.4 is 5.73 Å². The monoisotopic (exact) mass is 345 g/mol. The number of rotatable bonds is 10. The third kappa shape index (κ3) is 6.19. The second-order valence-corrected chi connectivity index (χ2v) is 7.86. The van der Waals surface area contributed by atoms with Gasteiger partial charge < -0.3 is 10.8 Å². The number of nitrogens with two attached hydrogens (primary N) is 1. The summed E-state index contributed by atoms with van der Waals surface area (Å²) >= 11 is 1.56. The van der Waals surface area contributed by atoms with E-state index in [1.807, 2.05) is 25.1 Å². The summed E-state index contributed by atoms with van der Waals surface area (Å²) < 4.78 is 0. The number of aryl methyl sites for hydroxylation is 2. The zero-order valence-electron chi connectivity index (χ0n) is 14.3. The second-order valence-electron chi connectivity index (χ2n) is 6.69. The van der Waals surface area contributed by atoms with Crippen molar-refractivity contribution in [1.82, 2.24) is 0 Å². The van der Waals surface area contributed by atoms with Gasteiger partial charge in [-0.1, -0.05) is 30.3 Å². The topological polar surface area (TPSA) is 63.3 Å². The van der Waals surface area contributed by atoms with E-state index in [-0.39, 0.29) is 12.4 Å². The fraction of sp³-hybridized carbons (Fsp3) is 0.450. The molecule has 2 rings (SSSR count). The highest BCUT2D eigenvalue weighted by Crippen LogP contribution is 2.22. The van der Waals surface area contributed by atoms with Gasteiger partial charge in [-0.15, -0.1) is 11.3 Å². The summed E-state index contributed by atoms with van der Waals surface area (Å²) in [6, 6.07) is 14.3. The van der Waals surface area contributed by atoms with E-state index in [1.165, 1.54) is 5.56 Å². The number of hydrogen-bond acceptors (Lipinski definition) is 4. The van der Waals surface area contributed by atoms with Gasteiger partial charge in [-0.3, -0.25) is 4.79 Å². The van der Waals surface area contributed by atoms with Crippen LogP contribution in [0.25, 0.3) is 0 Å². The zero-order chi connectivity index (χ0) is 17.4. The van der Waals surface area contributed by atoms with Crippen LogP contribution in [0.2, 0.25) is 0 Å². The maximum absolute atomic E-state index is 12.3. The molecule has 4 heteroatoms. The highest BCUT2D eigenvalue weighted by atomic mass is 32.1. The fourth-order valence-electron chi connectivity index (χ4n) is 2.53. The Kier molecular flexibility index (Phi) is 7.16. The Hall–Kier alpha value is -1.49. The van der Waals surface area contributed by atoms with Crippen molar-refractivity contribution >= 4 is 17.1 Å². The molecular formula is C20H27NO2S. The molecule has 2 aromatic rings. The maximum atomic E-state index is 12.3. The van der Waals surface area contributed by atoms with Gasteiger partial charge in [-0.25, -0.2) is 0 Å². The number of ketones is 1. The van der Waals surface area contributed by atoms with Crippen LogP contribution in [-0.2, 0) is 12.8 Å². The molecule has 24 heavy (non-hydrogen) atoms. The van der Waals surface area contributed by atoms with Crippen LogP contribution >= 0.6 is 11.3 Å². The summed E-state index contributed by atoms with van der Waals surface area (Å²) in [6.45, 7) is 1.82. The molecule has 0 radical (unpaired) electrons. The average molecular weight is 346 g/mol. The molecule has 0 amide bonds.